The van der Waals surface area contributed by atoms with E-state index in [4.69, 9.17) is 8.25 Å². The molecule has 0 spiro atoms. The molecule has 0 atom stereocenters. The first-order valence-corrected chi connectivity index (χ1v) is 12.1. The van der Waals surface area contributed by atoms with Gasteiger partial charge < -0.3 is 6.15 Å². The van der Waals surface area contributed by atoms with Gasteiger partial charge in [0.1, 0.15) is 0 Å². The van der Waals surface area contributed by atoms with E-state index in [9.17, 15) is 0 Å². The van der Waals surface area contributed by atoms with Gasteiger partial charge in [0.2, 0.25) is 0 Å². The summed E-state index contributed by atoms with van der Waals surface area (Å²) < 4.78 is 1.31. The van der Waals surface area contributed by atoms with Crippen LogP contribution in [0.15, 0.2) is 0 Å². The maximum Gasteiger partial charge on any atom is -0.344 e. The summed E-state index contributed by atoms with van der Waals surface area (Å²) >= 11 is -0.640. The molecule has 3 N–H and O–H groups in total. The van der Waals surface area contributed by atoms with E-state index in [1.54, 1.807) is 0 Å². The molecule has 0 aliphatic carbocycles. The summed E-state index contributed by atoms with van der Waals surface area (Å²) in [4.78, 5) is 0. The van der Waals surface area contributed by atoms with Crippen LogP contribution in [0.5, 0.6) is 0 Å². The Bertz CT molecular complexity index is 11.6. The maximum atomic E-state index is 5.41. The Kier molecular flexibility index (Phi) is 17.0. The predicted molar refractivity (Wildman–Crippen MR) is 21.4 cm³/mol. The van der Waals surface area contributed by atoms with Crippen LogP contribution in [0.1, 0.15) is 6.92 Å². The van der Waals surface area contributed by atoms with Crippen molar-refractivity contribution in [3.63, 3.8) is 0 Å². The van der Waals surface area contributed by atoms with Crippen LogP contribution < -0.4 is 6.15 Å². The average Bonchev–Trinajstić information content (AvgIpc) is 1.37. The summed E-state index contributed by atoms with van der Waals surface area (Å²) in [6.07, 6.45) is 0. The standard InChI is InChI=1S/C2H5.ClH.Hg.H3N/c1-2;;;/h1H2,2H3;1H;;1H3/q;;+1;/p-1. The molecule has 0 aromatic carbocycles. The van der Waals surface area contributed by atoms with Crippen LogP contribution in [0, 0.1) is 0 Å². The predicted octanol–water partition coefficient (Wildman–Crippen LogP) is 1.82. The Morgan fingerprint density at radius 3 is 2.00 bits per heavy atom. The van der Waals surface area contributed by atoms with E-state index in [0.717, 1.165) is 0 Å². The monoisotopic (exact) mass is 283 g/mol. The molecule has 0 heterocycles. The molecule has 30 valence electrons. The van der Waals surface area contributed by atoms with Crippen molar-refractivity contribution in [2.24, 2.45) is 0 Å². The third-order valence-corrected chi connectivity index (χ3v) is 4.97. The summed E-state index contributed by atoms with van der Waals surface area (Å²) in [5, 5.41) is 0. The molecule has 3 heteroatoms. The van der Waals surface area contributed by atoms with E-state index in [1.165, 1.54) is 3.93 Å². The van der Waals surface area contributed by atoms with E-state index in [-0.39, 0.29) is 6.15 Å². The molecule has 1 nitrogen and oxygen atoms in total. The van der Waals surface area contributed by atoms with Crippen LogP contribution in [0.2, 0.25) is 3.93 Å². The third-order valence-electron chi connectivity index (χ3n) is 0.189. The van der Waals surface area contributed by atoms with Crippen molar-refractivity contribution in [1.82, 2.24) is 6.15 Å². The molecule has 0 amide bonds. The van der Waals surface area contributed by atoms with Gasteiger partial charge in [0.25, 0.3) is 0 Å². The molecule has 0 aliphatic heterocycles. The largest absolute Gasteiger partial charge is 0.344 e. The summed E-state index contributed by atoms with van der Waals surface area (Å²) in [5.41, 5.74) is 0. The normalized spacial score (nSPS) is 4.40. The molecule has 0 aromatic heterocycles. The maximum absolute atomic E-state index is 5.41. The first kappa shape index (κ1) is 9.49. The molecular weight excluding hydrogens is 274 g/mol. The number of hydrogen-bond donors (Lipinski definition) is 1. The Morgan fingerprint density at radius 1 is 1.80 bits per heavy atom. The summed E-state index contributed by atoms with van der Waals surface area (Å²) in [5.74, 6) is 0. The molecule has 0 fully saturated rings. The second-order valence-corrected chi connectivity index (χ2v) is 9.36. The first-order valence-electron chi connectivity index (χ1n) is 1.47. The van der Waals surface area contributed by atoms with Crippen LogP contribution in [0.4, 0.5) is 0 Å². The summed E-state index contributed by atoms with van der Waals surface area (Å²) in [7, 11) is 5.41. The molecular formula is C2H8ClHgN. The molecule has 0 aliphatic rings. The molecule has 0 unspecified atom stereocenters. The van der Waals surface area contributed by atoms with Crippen molar-refractivity contribution in [2.75, 3.05) is 0 Å². The fourth-order valence-electron chi connectivity index (χ4n) is 0. The Hall–Kier alpha value is 1.19. The fourth-order valence-corrected chi connectivity index (χ4v) is 0. The topological polar surface area (TPSA) is 35.0 Å². The second kappa shape index (κ2) is 8.95. The minimum atomic E-state index is -0.640. The van der Waals surface area contributed by atoms with E-state index in [1.807, 2.05) is 0 Å². The second-order valence-electron chi connectivity index (χ2n) is 0.689. The van der Waals surface area contributed by atoms with Crippen molar-refractivity contribution in [1.29, 1.82) is 0 Å². The number of halogens is 1. The quantitative estimate of drug-likeness (QED) is 0.732. The molecule has 5 heavy (non-hydrogen) atoms. The number of hydrogen-bond acceptors (Lipinski definition) is 1. The van der Waals surface area contributed by atoms with Crippen LogP contribution in [0.25, 0.3) is 0 Å². The Balaban J connectivity index is 0. The molecule has 0 saturated heterocycles. The molecule has 0 radical (unpaired) electrons. The smallest absolute Gasteiger partial charge is 0.344 e. The zero-order valence-electron chi connectivity index (χ0n) is 3.50. The van der Waals surface area contributed by atoms with Gasteiger partial charge in [0, 0.05) is 0 Å². The minimum Gasteiger partial charge on any atom is -0.344 e. The molecule has 0 rings (SSSR count). The molecule has 0 aromatic rings. The van der Waals surface area contributed by atoms with Gasteiger partial charge in [0.15, 0.2) is 0 Å². The van der Waals surface area contributed by atoms with E-state index in [2.05, 4.69) is 6.92 Å². The van der Waals surface area contributed by atoms with Gasteiger partial charge in [-0.15, -0.1) is 0 Å². The van der Waals surface area contributed by atoms with Gasteiger partial charge in [-0.05, 0) is 0 Å². The average molecular weight is 282 g/mol. The fraction of sp³-hybridized carbons (Fsp3) is 1.00. The summed E-state index contributed by atoms with van der Waals surface area (Å²) in [6, 6.07) is 0. The zero-order chi connectivity index (χ0) is 3.41. The van der Waals surface area contributed by atoms with E-state index < -0.39 is 23.3 Å². The van der Waals surface area contributed by atoms with Crippen LogP contribution >= 0.6 is 8.25 Å². The van der Waals surface area contributed by atoms with Gasteiger partial charge >= 0.3 is 42.4 Å². The van der Waals surface area contributed by atoms with E-state index >= 15 is 0 Å². The van der Waals surface area contributed by atoms with Crippen molar-refractivity contribution in [3.8, 4) is 0 Å². The molecule has 0 bridgehead atoms. The zero-order valence-corrected chi connectivity index (χ0v) is 9.75. The van der Waals surface area contributed by atoms with Crippen molar-refractivity contribution in [3.05, 3.63) is 0 Å². The van der Waals surface area contributed by atoms with Gasteiger partial charge in [-0.1, -0.05) is 0 Å². The molecule has 0 saturated carbocycles. The first-order chi connectivity index (χ1) is 1.91. The van der Waals surface area contributed by atoms with Gasteiger partial charge in [0.05, 0.1) is 0 Å². The third kappa shape index (κ3) is 11.0. The van der Waals surface area contributed by atoms with Crippen LogP contribution in [-0.2, 0) is 23.3 Å². The van der Waals surface area contributed by atoms with E-state index in [0.29, 0.717) is 0 Å². The van der Waals surface area contributed by atoms with Crippen LogP contribution in [0.3, 0.4) is 0 Å². The Labute approximate surface area is 48.5 Å². The van der Waals surface area contributed by atoms with Gasteiger partial charge in [-0.2, -0.15) is 0 Å². The van der Waals surface area contributed by atoms with Crippen molar-refractivity contribution < 1.29 is 23.3 Å². The van der Waals surface area contributed by atoms with Crippen molar-refractivity contribution in [2.45, 2.75) is 10.9 Å². The van der Waals surface area contributed by atoms with Gasteiger partial charge in [-0.25, -0.2) is 0 Å². The van der Waals surface area contributed by atoms with Crippen LogP contribution in [-0.4, -0.2) is 0 Å². The Morgan fingerprint density at radius 2 is 2.00 bits per heavy atom. The van der Waals surface area contributed by atoms with Gasteiger partial charge in [-0.3, -0.25) is 0 Å². The SMILES string of the molecule is C[CH2][Hg][Cl].N. The summed E-state index contributed by atoms with van der Waals surface area (Å²) in [6.45, 7) is 2.15. The number of rotatable bonds is 1. The minimum absolute atomic E-state index is 0. The van der Waals surface area contributed by atoms with Crippen molar-refractivity contribution >= 4 is 8.25 Å².